The minimum Gasteiger partial charge on any atom is -0.376 e. The van der Waals surface area contributed by atoms with Gasteiger partial charge in [-0.1, -0.05) is 54.6 Å². The van der Waals surface area contributed by atoms with Crippen molar-refractivity contribution in [2.24, 2.45) is 11.0 Å². The third-order valence-electron chi connectivity index (χ3n) is 4.85. The number of hydrogen-bond donors (Lipinski definition) is 2. The van der Waals surface area contributed by atoms with Crippen LogP contribution in [0.3, 0.4) is 0 Å². The van der Waals surface area contributed by atoms with Gasteiger partial charge in [0.25, 0.3) is 5.91 Å². The summed E-state index contributed by atoms with van der Waals surface area (Å²) in [7, 11) is 0. The predicted molar refractivity (Wildman–Crippen MR) is 109 cm³/mol. The molecule has 0 aromatic heterocycles. The van der Waals surface area contributed by atoms with E-state index in [1.165, 1.54) is 0 Å². The van der Waals surface area contributed by atoms with E-state index in [9.17, 15) is 4.79 Å². The van der Waals surface area contributed by atoms with Crippen LogP contribution in [0.1, 0.15) is 26.7 Å². The lowest BCUT2D eigenvalue weighted by Gasteiger charge is -2.22. The smallest absolute Gasteiger partial charge is 0.259 e. The zero-order valence-corrected chi connectivity index (χ0v) is 15.4. The largest absolute Gasteiger partial charge is 0.376 e. The molecule has 2 aromatic rings. The first kappa shape index (κ1) is 17.9. The first-order valence-electron chi connectivity index (χ1n) is 8.94. The van der Waals surface area contributed by atoms with Gasteiger partial charge >= 0.3 is 0 Å². The van der Waals surface area contributed by atoms with Crippen molar-refractivity contribution >= 4 is 28.1 Å². The van der Waals surface area contributed by atoms with Gasteiger partial charge in [0.15, 0.2) is 0 Å². The van der Waals surface area contributed by atoms with E-state index in [0.29, 0.717) is 5.92 Å². The van der Waals surface area contributed by atoms with Crippen molar-refractivity contribution < 1.29 is 4.79 Å². The minimum atomic E-state index is -0.157. The number of hydrazone groups is 1. The quantitative estimate of drug-likeness (QED) is 0.611. The highest BCUT2D eigenvalue weighted by molar-refractivity contribution is 6.01. The highest BCUT2D eigenvalue weighted by atomic mass is 16.2. The number of hydrogen-bond acceptors (Lipinski definition) is 3. The van der Waals surface area contributed by atoms with Gasteiger partial charge in [0, 0.05) is 11.1 Å². The second-order valence-corrected chi connectivity index (χ2v) is 6.84. The molecule has 4 nitrogen and oxygen atoms in total. The van der Waals surface area contributed by atoms with Crippen LogP contribution in [0.15, 0.2) is 71.4 Å². The Labute approximate surface area is 154 Å². The molecule has 1 amide bonds. The summed E-state index contributed by atoms with van der Waals surface area (Å²) < 4.78 is 0. The molecular weight excluding hydrogens is 322 g/mol. The zero-order valence-electron chi connectivity index (χ0n) is 15.4. The molecule has 2 aromatic carbocycles. The Morgan fingerprint density at radius 2 is 2.00 bits per heavy atom. The molecule has 4 heteroatoms. The van der Waals surface area contributed by atoms with E-state index in [4.69, 9.17) is 0 Å². The van der Waals surface area contributed by atoms with Gasteiger partial charge in [-0.3, -0.25) is 4.79 Å². The lowest BCUT2D eigenvalue weighted by atomic mass is 9.85. The summed E-state index contributed by atoms with van der Waals surface area (Å²) in [6, 6.07) is 14.1. The van der Waals surface area contributed by atoms with Crippen molar-refractivity contribution in [2.75, 3.05) is 11.9 Å². The van der Waals surface area contributed by atoms with Crippen LogP contribution in [0.4, 0.5) is 5.69 Å². The lowest BCUT2D eigenvalue weighted by Crippen LogP contribution is -2.28. The number of carbonyl (C=O) groups excluding carboxylic acids is 1. The first-order valence-corrected chi connectivity index (χ1v) is 8.94. The molecule has 1 aliphatic rings. The van der Waals surface area contributed by atoms with Gasteiger partial charge in [0.1, 0.15) is 0 Å². The third-order valence-corrected chi connectivity index (χ3v) is 4.85. The van der Waals surface area contributed by atoms with E-state index in [2.05, 4.69) is 40.6 Å². The second kappa shape index (κ2) is 8.00. The number of amides is 1. The number of benzene rings is 2. The molecule has 0 spiro atoms. The van der Waals surface area contributed by atoms with Gasteiger partial charge < -0.3 is 5.32 Å². The average molecular weight is 347 g/mol. The molecular formula is C22H25N3O. The molecule has 0 aliphatic heterocycles. The third kappa shape index (κ3) is 4.20. The van der Waals surface area contributed by atoms with E-state index in [-0.39, 0.29) is 12.5 Å². The van der Waals surface area contributed by atoms with E-state index in [0.717, 1.165) is 46.2 Å². The van der Waals surface area contributed by atoms with Gasteiger partial charge in [-0.25, -0.2) is 5.43 Å². The van der Waals surface area contributed by atoms with E-state index in [1.807, 2.05) is 44.2 Å². The molecule has 0 unspecified atom stereocenters. The maximum atomic E-state index is 12.2. The summed E-state index contributed by atoms with van der Waals surface area (Å²) in [6.45, 7) is 8.30. The zero-order chi connectivity index (χ0) is 18.5. The van der Waals surface area contributed by atoms with Crippen LogP contribution in [0.25, 0.3) is 10.8 Å². The Hall–Kier alpha value is -2.88. The topological polar surface area (TPSA) is 53.5 Å². The number of anilines is 1. The van der Waals surface area contributed by atoms with Crippen molar-refractivity contribution in [3.05, 3.63) is 66.3 Å². The Bertz CT molecular complexity index is 890. The SMILES string of the molecule is C=C(C)[C@H]1CC=C(C)C(=NNC(=O)CNc2cccc3ccccc23)C1. The summed E-state index contributed by atoms with van der Waals surface area (Å²) in [6.07, 6.45) is 3.99. The monoisotopic (exact) mass is 347 g/mol. The Balaban J connectivity index is 1.61. The summed E-state index contributed by atoms with van der Waals surface area (Å²) in [4.78, 5) is 12.2. The van der Waals surface area contributed by atoms with Crippen molar-refractivity contribution in [1.82, 2.24) is 5.43 Å². The normalized spacial score (nSPS) is 18.5. The Morgan fingerprint density at radius 1 is 1.23 bits per heavy atom. The predicted octanol–water partition coefficient (Wildman–Crippen LogP) is 4.66. The number of carbonyl (C=O) groups is 1. The van der Waals surface area contributed by atoms with Crippen molar-refractivity contribution in [3.63, 3.8) is 0 Å². The molecule has 1 aliphatic carbocycles. The molecule has 0 bridgehead atoms. The van der Waals surface area contributed by atoms with Gasteiger partial charge in [-0.2, -0.15) is 5.10 Å². The van der Waals surface area contributed by atoms with Gasteiger partial charge in [0.2, 0.25) is 0 Å². The summed E-state index contributed by atoms with van der Waals surface area (Å²) in [5.74, 6) is 0.249. The van der Waals surface area contributed by atoms with Crippen molar-refractivity contribution in [1.29, 1.82) is 0 Å². The van der Waals surface area contributed by atoms with Gasteiger partial charge in [-0.05, 0) is 49.6 Å². The maximum Gasteiger partial charge on any atom is 0.259 e. The molecule has 0 heterocycles. The fraction of sp³-hybridized carbons (Fsp3) is 0.273. The fourth-order valence-electron chi connectivity index (χ4n) is 3.15. The molecule has 134 valence electrons. The van der Waals surface area contributed by atoms with Crippen LogP contribution < -0.4 is 10.7 Å². The minimum absolute atomic E-state index is 0.157. The fourth-order valence-corrected chi connectivity index (χ4v) is 3.15. The standard InChI is InChI=1S/C22H25N3O/c1-15(2)18-12-11-16(3)21(13-18)24-25-22(26)14-23-20-10-6-8-17-7-4-5-9-19(17)20/h4-11,18,23H,1,12-14H2,2-3H3,(H,25,26)/t18-/m0/s1. The number of nitrogens with one attached hydrogen (secondary N) is 2. The molecule has 0 radical (unpaired) electrons. The molecule has 2 N–H and O–H groups in total. The molecule has 0 saturated carbocycles. The number of rotatable bonds is 5. The maximum absolute atomic E-state index is 12.2. The van der Waals surface area contributed by atoms with Crippen LogP contribution in [0.2, 0.25) is 0 Å². The van der Waals surface area contributed by atoms with Crippen LogP contribution in [-0.4, -0.2) is 18.2 Å². The van der Waals surface area contributed by atoms with Gasteiger partial charge in [0.05, 0.1) is 12.3 Å². The Morgan fingerprint density at radius 3 is 2.81 bits per heavy atom. The highest BCUT2D eigenvalue weighted by Gasteiger charge is 2.18. The van der Waals surface area contributed by atoms with Crippen LogP contribution in [0.5, 0.6) is 0 Å². The average Bonchev–Trinajstić information content (AvgIpc) is 2.65. The number of fused-ring (bicyclic) bond motifs is 1. The van der Waals surface area contributed by atoms with E-state index in [1.54, 1.807) is 0 Å². The van der Waals surface area contributed by atoms with Crippen LogP contribution in [-0.2, 0) is 4.79 Å². The van der Waals surface area contributed by atoms with E-state index >= 15 is 0 Å². The van der Waals surface area contributed by atoms with Gasteiger partial charge in [-0.15, -0.1) is 0 Å². The van der Waals surface area contributed by atoms with E-state index < -0.39 is 0 Å². The first-order chi connectivity index (χ1) is 12.5. The summed E-state index contributed by atoms with van der Waals surface area (Å²) >= 11 is 0. The molecule has 1 atom stereocenters. The van der Waals surface area contributed by atoms with Crippen LogP contribution >= 0.6 is 0 Å². The summed E-state index contributed by atoms with van der Waals surface area (Å²) in [5, 5.41) is 9.79. The molecule has 0 saturated heterocycles. The van der Waals surface area contributed by atoms with Crippen molar-refractivity contribution in [2.45, 2.75) is 26.7 Å². The highest BCUT2D eigenvalue weighted by Crippen LogP contribution is 2.26. The molecule has 0 fully saturated rings. The molecule has 3 rings (SSSR count). The lowest BCUT2D eigenvalue weighted by molar-refractivity contribution is -0.119. The van der Waals surface area contributed by atoms with Crippen molar-refractivity contribution in [3.8, 4) is 0 Å². The number of allylic oxidation sites excluding steroid dienone is 3. The number of nitrogens with zero attached hydrogens (tertiary/aromatic N) is 1. The Kier molecular flexibility index (Phi) is 5.52. The van der Waals surface area contributed by atoms with Crippen LogP contribution in [0, 0.1) is 5.92 Å². The second-order valence-electron chi connectivity index (χ2n) is 6.84. The molecule has 26 heavy (non-hydrogen) atoms. The summed E-state index contributed by atoms with van der Waals surface area (Å²) in [5.41, 5.74) is 6.84.